The molecule has 0 heterocycles. The Morgan fingerprint density at radius 1 is 1.50 bits per heavy atom. The fraction of sp³-hybridized carbons (Fsp3) is 0.308. The van der Waals surface area contributed by atoms with Crippen molar-refractivity contribution in [3.63, 3.8) is 0 Å². The number of carbonyl (C=O) groups excluding carboxylic acids is 1. The highest BCUT2D eigenvalue weighted by Crippen LogP contribution is 2.22. The van der Waals surface area contributed by atoms with Crippen LogP contribution in [0.15, 0.2) is 18.2 Å². The van der Waals surface area contributed by atoms with Gasteiger partial charge in [0.25, 0.3) is 5.91 Å². The van der Waals surface area contributed by atoms with E-state index in [9.17, 15) is 14.3 Å². The second kappa shape index (κ2) is 6.39. The zero-order valence-electron chi connectivity index (χ0n) is 10.00. The third kappa shape index (κ3) is 4.02. The molecule has 0 radical (unpaired) electrons. The summed E-state index contributed by atoms with van der Waals surface area (Å²) in [7, 11) is 0. The van der Waals surface area contributed by atoms with Crippen molar-refractivity contribution >= 4 is 17.5 Å². The monoisotopic (exact) mass is 269 g/mol. The van der Waals surface area contributed by atoms with Gasteiger partial charge in [0.1, 0.15) is 5.82 Å². The van der Waals surface area contributed by atoms with Crippen molar-refractivity contribution in [2.24, 2.45) is 0 Å². The SMILES string of the molecule is CC#CC(=O)NC(C)C(O)c1cc(F)cc(Cl)c1. The number of amides is 1. The minimum Gasteiger partial charge on any atom is -0.386 e. The molecule has 96 valence electrons. The van der Waals surface area contributed by atoms with Gasteiger partial charge in [0.05, 0.1) is 12.1 Å². The van der Waals surface area contributed by atoms with Gasteiger partial charge in [0.2, 0.25) is 0 Å². The molecule has 0 bridgehead atoms. The first-order valence-corrected chi connectivity index (χ1v) is 5.69. The van der Waals surface area contributed by atoms with Crippen LogP contribution in [0.4, 0.5) is 4.39 Å². The molecule has 0 aromatic heterocycles. The summed E-state index contributed by atoms with van der Waals surface area (Å²) in [5.41, 5.74) is 0.303. The Morgan fingerprint density at radius 2 is 2.17 bits per heavy atom. The van der Waals surface area contributed by atoms with E-state index in [2.05, 4.69) is 17.2 Å². The molecule has 1 amide bonds. The van der Waals surface area contributed by atoms with Crippen molar-refractivity contribution in [1.29, 1.82) is 0 Å². The van der Waals surface area contributed by atoms with Gasteiger partial charge in [-0.2, -0.15) is 0 Å². The lowest BCUT2D eigenvalue weighted by Crippen LogP contribution is -2.36. The zero-order valence-corrected chi connectivity index (χ0v) is 10.8. The number of benzene rings is 1. The van der Waals surface area contributed by atoms with Crippen molar-refractivity contribution in [1.82, 2.24) is 5.32 Å². The minimum absolute atomic E-state index is 0.191. The second-order valence-electron chi connectivity index (χ2n) is 3.78. The highest BCUT2D eigenvalue weighted by Gasteiger charge is 2.18. The summed E-state index contributed by atoms with van der Waals surface area (Å²) in [6.45, 7) is 3.13. The Labute approximate surface area is 110 Å². The summed E-state index contributed by atoms with van der Waals surface area (Å²) in [5.74, 6) is 3.71. The normalized spacial score (nSPS) is 13.2. The van der Waals surface area contributed by atoms with Crippen molar-refractivity contribution in [3.8, 4) is 11.8 Å². The van der Waals surface area contributed by atoms with E-state index in [4.69, 9.17) is 11.6 Å². The number of carbonyl (C=O) groups is 1. The van der Waals surface area contributed by atoms with Crippen LogP contribution in [0.2, 0.25) is 5.02 Å². The van der Waals surface area contributed by atoms with Crippen LogP contribution in [0.5, 0.6) is 0 Å². The third-order valence-electron chi connectivity index (χ3n) is 2.30. The van der Waals surface area contributed by atoms with E-state index in [1.54, 1.807) is 6.92 Å². The molecule has 2 unspecified atom stereocenters. The summed E-state index contributed by atoms with van der Waals surface area (Å²) in [6, 6.07) is 3.16. The summed E-state index contributed by atoms with van der Waals surface area (Å²) >= 11 is 5.69. The molecule has 0 fully saturated rings. The average Bonchev–Trinajstić information content (AvgIpc) is 2.26. The van der Waals surface area contributed by atoms with Crippen LogP contribution < -0.4 is 5.32 Å². The topological polar surface area (TPSA) is 49.3 Å². The first kappa shape index (κ1) is 14.5. The summed E-state index contributed by atoms with van der Waals surface area (Å²) in [6.07, 6.45) is -1.05. The number of nitrogens with one attached hydrogen (secondary N) is 1. The van der Waals surface area contributed by atoms with E-state index in [0.717, 1.165) is 6.07 Å². The summed E-state index contributed by atoms with van der Waals surface area (Å²) < 4.78 is 13.1. The minimum atomic E-state index is -1.05. The van der Waals surface area contributed by atoms with Crippen LogP contribution in [0.1, 0.15) is 25.5 Å². The van der Waals surface area contributed by atoms with E-state index in [-0.39, 0.29) is 5.02 Å². The Balaban J connectivity index is 2.81. The van der Waals surface area contributed by atoms with Gasteiger partial charge in [-0.3, -0.25) is 4.79 Å². The van der Waals surface area contributed by atoms with Gasteiger partial charge in [0.15, 0.2) is 0 Å². The first-order valence-electron chi connectivity index (χ1n) is 5.31. The Hall–Kier alpha value is -1.57. The van der Waals surface area contributed by atoms with Gasteiger partial charge in [-0.25, -0.2) is 4.39 Å². The van der Waals surface area contributed by atoms with Gasteiger partial charge in [0, 0.05) is 5.02 Å². The van der Waals surface area contributed by atoms with Crippen LogP contribution in [0.25, 0.3) is 0 Å². The Kier molecular flexibility index (Phi) is 5.14. The average molecular weight is 270 g/mol. The summed E-state index contributed by atoms with van der Waals surface area (Å²) in [5, 5.41) is 12.6. The second-order valence-corrected chi connectivity index (χ2v) is 4.22. The van der Waals surface area contributed by atoms with Gasteiger partial charge >= 0.3 is 0 Å². The Morgan fingerprint density at radius 3 is 2.72 bits per heavy atom. The molecule has 1 rings (SSSR count). The molecule has 18 heavy (non-hydrogen) atoms. The van der Waals surface area contributed by atoms with E-state index in [1.807, 2.05) is 0 Å². The number of aliphatic hydroxyl groups is 1. The number of aliphatic hydroxyl groups excluding tert-OH is 1. The van der Waals surface area contributed by atoms with Gasteiger partial charge < -0.3 is 10.4 Å². The highest BCUT2D eigenvalue weighted by molar-refractivity contribution is 6.30. The summed E-state index contributed by atoms with van der Waals surface area (Å²) in [4.78, 5) is 11.2. The number of rotatable bonds is 3. The standard InChI is InChI=1S/C13H13ClFNO2/c1-3-4-12(17)16-8(2)13(18)9-5-10(14)7-11(15)6-9/h5-8,13,18H,1-2H3,(H,16,17). The number of hydrogen-bond donors (Lipinski definition) is 2. The molecule has 5 heteroatoms. The van der Waals surface area contributed by atoms with Crippen molar-refractivity contribution in [2.45, 2.75) is 26.0 Å². The quantitative estimate of drug-likeness (QED) is 0.825. The molecule has 1 aromatic carbocycles. The molecular weight excluding hydrogens is 257 g/mol. The molecule has 0 aliphatic rings. The molecule has 0 saturated carbocycles. The fourth-order valence-electron chi connectivity index (χ4n) is 1.47. The van der Waals surface area contributed by atoms with E-state index < -0.39 is 23.9 Å². The van der Waals surface area contributed by atoms with Crippen LogP contribution in [-0.4, -0.2) is 17.1 Å². The van der Waals surface area contributed by atoms with Gasteiger partial charge in [-0.15, -0.1) is 0 Å². The maximum Gasteiger partial charge on any atom is 0.296 e. The van der Waals surface area contributed by atoms with Crippen LogP contribution in [-0.2, 0) is 4.79 Å². The smallest absolute Gasteiger partial charge is 0.296 e. The largest absolute Gasteiger partial charge is 0.386 e. The van der Waals surface area contributed by atoms with Crippen molar-refractivity contribution in [3.05, 3.63) is 34.6 Å². The maximum atomic E-state index is 13.1. The molecule has 0 spiro atoms. The highest BCUT2D eigenvalue weighted by atomic mass is 35.5. The lowest BCUT2D eigenvalue weighted by molar-refractivity contribution is -0.117. The molecule has 3 nitrogen and oxygen atoms in total. The predicted molar refractivity (Wildman–Crippen MR) is 67.4 cm³/mol. The van der Waals surface area contributed by atoms with Crippen molar-refractivity contribution in [2.75, 3.05) is 0 Å². The van der Waals surface area contributed by atoms with E-state index in [0.29, 0.717) is 5.56 Å². The Bertz CT molecular complexity index is 487. The fourth-order valence-corrected chi connectivity index (χ4v) is 1.70. The lowest BCUT2D eigenvalue weighted by atomic mass is 10.0. The third-order valence-corrected chi connectivity index (χ3v) is 2.52. The maximum absolute atomic E-state index is 13.1. The molecule has 2 N–H and O–H groups in total. The number of hydrogen-bond acceptors (Lipinski definition) is 2. The molecule has 1 aromatic rings. The lowest BCUT2D eigenvalue weighted by Gasteiger charge is -2.19. The van der Waals surface area contributed by atoms with Crippen LogP contribution >= 0.6 is 11.6 Å². The molecule has 0 aliphatic heterocycles. The van der Waals surface area contributed by atoms with Gasteiger partial charge in [-0.1, -0.05) is 17.5 Å². The van der Waals surface area contributed by atoms with E-state index in [1.165, 1.54) is 19.1 Å². The van der Waals surface area contributed by atoms with E-state index >= 15 is 0 Å². The van der Waals surface area contributed by atoms with Gasteiger partial charge in [-0.05, 0) is 43.5 Å². The first-order chi connectivity index (χ1) is 8.43. The zero-order chi connectivity index (χ0) is 13.7. The molecule has 2 atom stereocenters. The van der Waals surface area contributed by atoms with Crippen molar-refractivity contribution < 1.29 is 14.3 Å². The molecule has 0 saturated heterocycles. The predicted octanol–water partition coefficient (Wildman–Crippen LogP) is 2.04. The molecule has 0 aliphatic carbocycles. The number of halogens is 2. The molecular formula is C13H13ClFNO2. The van der Waals surface area contributed by atoms with Crippen LogP contribution in [0.3, 0.4) is 0 Å². The van der Waals surface area contributed by atoms with Crippen LogP contribution in [0, 0.1) is 17.7 Å².